The van der Waals surface area contributed by atoms with Crippen LogP contribution in [0.1, 0.15) is 151 Å². The van der Waals surface area contributed by atoms with Crippen molar-refractivity contribution in [2.75, 3.05) is 39.9 Å². The number of hydrogen-bond donors (Lipinski definition) is 2. The molecular weight excluding hydrogens is 865 g/mol. The highest BCUT2D eigenvalue weighted by molar-refractivity contribution is 7.99. The highest BCUT2D eigenvalue weighted by atomic mass is 32.2. The van der Waals surface area contributed by atoms with Gasteiger partial charge in [0.25, 0.3) is 0 Å². The quantitative estimate of drug-likeness (QED) is 0.0492. The monoisotopic (exact) mass is 938 g/mol. The number of carboxylic acid groups (broad SMARTS) is 2. The molecule has 0 bridgehead atoms. The summed E-state index contributed by atoms with van der Waals surface area (Å²) < 4.78 is 21.7. The lowest BCUT2D eigenvalue weighted by atomic mass is 9.68. The molecule has 10 heteroatoms. The van der Waals surface area contributed by atoms with Crippen molar-refractivity contribution in [1.29, 1.82) is 0 Å². The van der Waals surface area contributed by atoms with E-state index in [4.69, 9.17) is 29.2 Å². The molecule has 0 radical (unpaired) electrons. The first kappa shape index (κ1) is 52.4. The number of allylic oxidation sites excluding steroid dienone is 2. The predicted molar refractivity (Wildman–Crippen MR) is 272 cm³/mol. The Hall–Kier alpha value is -4.54. The first-order valence-electron chi connectivity index (χ1n) is 23.9. The predicted octanol–water partition coefficient (Wildman–Crippen LogP) is 14.7. The minimum absolute atomic E-state index is 0.0509. The van der Waals surface area contributed by atoms with E-state index in [0.29, 0.717) is 24.7 Å². The van der Waals surface area contributed by atoms with Gasteiger partial charge in [0.1, 0.15) is 23.0 Å². The molecule has 66 heavy (non-hydrogen) atoms. The number of thioether (sulfide) groups is 2. The van der Waals surface area contributed by atoms with Gasteiger partial charge in [-0.25, -0.2) is 0 Å². The summed E-state index contributed by atoms with van der Waals surface area (Å²) in [5.74, 6) is 5.22. The topological polar surface area (TPSA) is 112 Å². The van der Waals surface area contributed by atoms with E-state index < -0.39 is 11.9 Å². The minimum Gasteiger partial charge on any atom is -0.497 e. The maximum Gasteiger partial charge on any atom is 0.303 e. The van der Waals surface area contributed by atoms with Gasteiger partial charge in [0.05, 0.1) is 28.4 Å². The van der Waals surface area contributed by atoms with Crippen LogP contribution in [-0.2, 0) is 20.4 Å². The van der Waals surface area contributed by atoms with Gasteiger partial charge in [-0.15, -0.1) is 23.5 Å². The van der Waals surface area contributed by atoms with Crippen LogP contribution in [0.3, 0.4) is 0 Å². The van der Waals surface area contributed by atoms with Crippen molar-refractivity contribution in [3.63, 3.8) is 0 Å². The largest absolute Gasteiger partial charge is 0.497 e. The minimum atomic E-state index is -0.733. The summed E-state index contributed by atoms with van der Waals surface area (Å²) in [5, 5.41) is 17.5. The molecule has 0 spiro atoms. The summed E-state index contributed by atoms with van der Waals surface area (Å²) in [6.07, 6.45) is 19.9. The van der Waals surface area contributed by atoms with E-state index in [-0.39, 0.29) is 17.3 Å². The van der Waals surface area contributed by atoms with Gasteiger partial charge in [-0.3, -0.25) is 9.59 Å². The number of carbonyl (C=O) groups is 2. The molecule has 0 saturated carbocycles. The first-order chi connectivity index (χ1) is 31.9. The number of unbranched alkanes of at least 4 members (excludes halogenated alkanes) is 9. The van der Waals surface area contributed by atoms with Crippen LogP contribution in [0.15, 0.2) is 107 Å². The molecule has 2 aliphatic rings. The van der Waals surface area contributed by atoms with Gasteiger partial charge in [-0.1, -0.05) is 114 Å². The Bertz CT molecular complexity index is 2140. The van der Waals surface area contributed by atoms with Gasteiger partial charge in [-0.05, 0) is 121 Å². The third-order valence-electron chi connectivity index (χ3n) is 13.7. The molecule has 0 saturated heterocycles. The second kappa shape index (κ2) is 26.7. The number of fused-ring (bicyclic) bond motifs is 2. The molecule has 2 N–H and O–H groups in total. The van der Waals surface area contributed by atoms with E-state index in [1.165, 1.54) is 77.0 Å². The number of hydrogen-bond acceptors (Lipinski definition) is 8. The molecule has 8 nitrogen and oxygen atoms in total. The molecule has 358 valence electrons. The Morgan fingerprint density at radius 2 is 0.894 bits per heavy atom. The van der Waals surface area contributed by atoms with Crippen molar-refractivity contribution in [1.82, 2.24) is 0 Å². The molecule has 4 unspecified atom stereocenters. The molecule has 0 amide bonds. The average Bonchev–Trinajstić information content (AvgIpc) is 3.33. The number of methoxy groups -OCH3 is 4. The second-order valence-corrected chi connectivity index (χ2v) is 20.3. The fourth-order valence-electron chi connectivity index (χ4n) is 9.65. The molecule has 2 aliphatic heterocycles. The number of aliphatic carboxylic acids is 2. The van der Waals surface area contributed by atoms with Crippen molar-refractivity contribution in [3.05, 3.63) is 119 Å². The highest BCUT2D eigenvalue weighted by Gasteiger charge is 2.42. The highest BCUT2D eigenvalue weighted by Crippen LogP contribution is 2.54. The Balaban J connectivity index is 0.000000247. The maximum absolute atomic E-state index is 10.6. The van der Waals surface area contributed by atoms with Crippen molar-refractivity contribution < 1.29 is 38.7 Å². The Kier molecular flexibility index (Phi) is 21.2. The summed E-state index contributed by atoms with van der Waals surface area (Å²) in [4.78, 5) is 23.9. The summed E-state index contributed by atoms with van der Waals surface area (Å²) in [6.45, 7) is 4.83. The zero-order valence-corrected chi connectivity index (χ0v) is 41.9. The first-order valence-corrected chi connectivity index (χ1v) is 25.9. The lowest BCUT2D eigenvalue weighted by molar-refractivity contribution is -0.138. The van der Waals surface area contributed by atoms with Gasteiger partial charge in [0.15, 0.2) is 0 Å². The second-order valence-electron chi connectivity index (χ2n) is 18.2. The van der Waals surface area contributed by atoms with E-state index in [1.54, 1.807) is 28.4 Å². The van der Waals surface area contributed by atoms with E-state index in [0.717, 1.165) is 73.0 Å². The zero-order valence-electron chi connectivity index (χ0n) is 40.3. The van der Waals surface area contributed by atoms with Crippen LogP contribution < -0.4 is 18.9 Å². The average molecular weight is 939 g/mol. The molecule has 4 aromatic carbocycles. The third kappa shape index (κ3) is 14.7. The smallest absolute Gasteiger partial charge is 0.303 e. The number of ether oxygens (including phenoxy) is 4. The summed E-state index contributed by atoms with van der Waals surface area (Å²) in [6, 6.07) is 30.3. The molecule has 0 aliphatic carbocycles. The van der Waals surface area contributed by atoms with Gasteiger partial charge in [-0.2, -0.15) is 0 Å². The van der Waals surface area contributed by atoms with Crippen LogP contribution >= 0.6 is 23.5 Å². The Morgan fingerprint density at radius 1 is 0.515 bits per heavy atom. The van der Waals surface area contributed by atoms with Crippen LogP contribution in [-0.4, -0.2) is 62.1 Å². The Labute approximate surface area is 403 Å². The van der Waals surface area contributed by atoms with Crippen molar-refractivity contribution >= 4 is 35.5 Å². The van der Waals surface area contributed by atoms with Gasteiger partial charge in [0.2, 0.25) is 0 Å². The molecule has 6 rings (SSSR count). The number of rotatable bonds is 25. The third-order valence-corrected chi connectivity index (χ3v) is 16.5. The molecule has 2 heterocycles. The normalized spacial score (nSPS) is 19.8. The maximum atomic E-state index is 10.6. The van der Waals surface area contributed by atoms with Crippen molar-refractivity contribution in [3.8, 4) is 23.0 Å². The van der Waals surface area contributed by atoms with Crippen molar-refractivity contribution in [2.24, 2.45) is 0 Å². The van der Waals surface area contributed by atoms with Gasteiger partial charge in [0, 0.05) is 45.0 Å². The Morgan fingerprint density at radius 3 is 1.32 bits per heavy atom. The standard InChI is InChI=1S/C28H38O4S.C28H36O4S/c2*1-28(21-13-15-22(31-2)16-14-21)20-33-26-19-23(32-3)17-18-24(26)25(28)11-9-7-5-4-6-8-10-12-27(29)30/h13-19,25H,4-12,20H2,1-3H3,(H,29,30);6,8,13-19,25H,4-5,7,9-12,20H2,1-3H3,(H,29,30). The lowest BCUT2D eigenvalue weighted by Crippen LogP contribution is -2.36. The SMILES string of the molecule is COc1ccc(C2(C)CSc3cc(OC)ccc3C2CCCCCC=CCCC(=O)O)cc1.COc1ccc(C2(C)CSc3cc(OC)ccc3C2CCCCCCCCCC(=O)O)cc1. The van der Waals surface area contributed by atoms with Crippen LogP contribution in [0.25, 0.3) is 0 Å². The zero-order chi connectivity index (χ0) is 47.4. The molecule has 0 aromatic heterocycles. The molecular formula is C56H74O8S2. The van der Waals surface area contributed by atoms with Crippen LogP contribution in [0.5, 0.6) is 23.0 Å². The fourth-order valence-corrected chi connectivity index (χ4v) is 12.5. The van der Waals surface area contributed by atoms with Crippen LogP contribution in [0, 0.1) is 0 Å². The van der Waals surface area contributed by atoms with E-state index in [9.17, 15) is 9.59 Å². The number of benzene rings is 4. The fraction of sp³-hybridized carbons (Fsp3) is 0.500. The molecule has 4 aromatic rings. The van der Waals surface area contributed by atoms with Gasteiger partial charge < -0.3 is 29.2 Å². The van der Waals surface area contributed by atoms with Crippen LogP contribution in [0.4, 0.5) is 0 Å². The number of carboxylic acids is 2. The summed E-state index contributed by atoms with van der Waals surface area (Å²) in [5.41, 5.74) is 5.73. The lowest BCUT2D eigenvalue weighted by Gasteiger charge is -2.43. The summed E-state index contributed by atoms with van der Waals surface area (Å²) in [7, 11) is 6.88. The van der Waals surface area contributed by atoms with Gasteiger partial charge >= 0.3 is 11.9 Å². The summed E-state index contributed by atoms with van der Waals surface area (Å²) >= 11 is 3.87. The van der Waals surface area contributed by atoms with Crippen LogP contribution in [0.2, 0.25) is 0 Å². The van der Waals surface area contributed by atoms with Crippen molar-refractivity contribution in [2.45, 2.75) is 149 Å². The van der Waals surface area contributed by atoms with E-state index in [2.05, 4.69) is 105 Å². The van der Waals surface area contributed by atoms with E-state index >= 15 is 0 Å². The van der Waals surface area contributed by atoms with E-state index in [1.807, 2.05) is 29.6 Å². The molecule has 4 atom stereocenters. The molecule has 0 fully saturated rings.